The van der Waals surface area contributed by atoms with E-state index in [4.69, 9.17) is 5.11 Å². The van der Waals surface area contributed by atoms with Crippen LogP contribution in [0.25, 0.3) is 0 Å². The number of carbonyl (C=O) groups is 2. The summed E-state index contributed by atoms with van der Waals surface area (Å²) < 4.78 is 0. The molecule has 1 heterocycles. The second-order valence-corrected chi connectivity index (χ2v) is 6.28. The van der Waals surface area contributed by atoms with E-state index in [0.29, 0.717) is 6.54 Å². The number of anilines is 1. The zero-order chi connectivity index (χ0) is 19.3. The van der Waals surface area contributed by atoms with E-state index in [1.54, 1.807) is 24.0 Å². The Morgan fingerprint density at radius 1 is 1.15 bits per heavy atom. The molecule has 1 N–H and O–H groups in total. The normalized spacial score (nSPS) is 13.7. The van der Waals surface area contributed by atoms with Crippen molar-refractivity contribution in [2.75, 3.05) is 4.90 Å². The number of carboxylic acid groups (broad SMARTS) is 1. The van der Waals surface area contributed by atoms with Crippen LogP contribution in [0.4, 0.5) is 5.69 Å². The molecule has 0 bridgehead atoms. The van der Waals surface area contributed by atoms with Crippen molar-refractivity contribution in [2.24, 2.45) is 0 Å². The van der Waals surface area contributed by atoms with Gasteiger partial charge < -0.3 is 10.0 Å². The molecule has 2 aromatic rings. The highest BCUT2D eigenvalue weighted by molar-refractivity contribution is 6.10. The van der Waals surface area contributed by atoms with Gasteiger partial charge >= 0.3 is 5.97 Å². The molecule has 0 fully saturated rings. The molecule has 2 aromatic carbocycles. The summed E-state index contributed by atoms with van der Waals surface area (Å²) in [4.78, 5) is 25.5. The molecule has 138 valence electrons. The molecule has 1 aliphatic heterocycles. The molecular weight excluding hydrogens is 326 g/mol. The van der Waals surface area contributed by atoms with Crippen LogP contribution in [0.3, 0.4) is 0 Å². The average Bonchev–Trinajstić information content (AvgIpc) is 2.99. The van der Waals surface area contributed by atoms with E-state index in [1.807, 2.05) is 38.1 Å². The number of carbonyl (C=O) groups excluding carboxylic acids is 1. The zero-order valence-corrected chi connectivity index (χ0v) is 16.0. The predicted octanol–water partition coefficient (Wildman–Crippen LogP) is 5.01. The maximum atomic E-state index is 12.7. The lowest BCUT2D eigenvalue weighted by molar-refractivity contribution is -0.138. The third-order valence-electron chi connectivity index (χ3n) is 4.59. The van der Waals surface area contributed by atoms with Crippen molar-refractivity contribution in [3.05, 3.63) is 64.7 Å². The monoisotopic (exact) mass is 353 g/mol. The number of nitrogens with zero attached hydrogens (tertiary/aromatic N) is 1. The maximum Gasteiger partial charge on any atom is 0.310 e. The zero-order valence-electron chi connectivity index (χ0n) is 16.0. The summed E-state index contributed by atoms with van der Waals surface area (Å²) >= 11 is 0. The molecule has 4 heteroatoms. The van der Waals surface area contributed by atoms with Gasteiger partial charge in [0.2, 0.25) is 0 Å². The SMILES string of the molecule is CC.CCCc1ccc2c(c1)C(=O)N(c1ccc(C(C)C(=O)O)cc1)C2. The van der Waals surface area contributed by atoms with Gasteiger partial charge in [-0.15, -0.1) is 0 Å². The molecule has 0 saturated heterocycles. The van der Waals surface area contributed by atoms with Gasteiger partial charge in [0.25, 0.3) is 5.91 Å². The molecule has 0 saturated carbocycles. The Hall–Kier alpha value is -2.62. The molecule has 1 amide bonds. The number of carboxylic acids is 1. The fourth-order valence-electron chi connectivity index (χ4n) is 3.09. The van der Waals surface area contributed by atoms with E-state index < -0.39 is 11.9 Å². The summed E-state index contributed by atoms with van der Waals surface area (Å²) in [5.41, 5.74) is 4.55. The number of aryl methyl sites for hydroxylation is 1. The smallest absolute Gasteiger partial charge is 0.310 e. The van der Waals surface area contributed by atoms with Gasteiger partial charge in [-0.1, -0.05) is 51.5 Å². The lowest BCUT2D eigenvalue weighted by Crippen LogP contribution is -2.23. The Morgan fingerprint density at radius 2 is 1.81 bits per heavy atom. The minimum Gasteiger partial charge on any atom is -0.481 e. The molecule has 26 heavy (non-hydrogen) atoms. The topological polar surface area (TPSA) is 57.6 Å². The summed E-state index contributed by atoms with van der Waals surface area (Å²) in [7, 11) is 0. The van der Waals surface area contributed by atoms with Gasteiger partial charge in [0.15, 0.2) is 0 Å². The first-order valence-corrected chi connectivity index (χ1v) is 9.27. The summed E-state index contributed by atoms with van der Waals surface area (Å²) in [6.45, 7) is 8.35. The van der Waals surface area contributed by atoms with Crippen LogP contribution in [0.5, 0.6) is 0 Å². The van der Waals surface area contributed by atoms with Gasteiger partial charge in [0, 0.05) is 11.3 Å². The Morgan fingerprint density at radius 3 is 2.38 bits per heavy atom. The van der Waals surface area contributed by atoms with Crippen molar-refractivity contribution in [3.63, 3.8) is 0 Å². The summed E-state index contributed by atoms with van der Waals surface area (Å²) in [5, 5.41) is 9.08. The van der Waals surface area contributed by atoms with E-state index in [2.05, 4.69) is 13.0 Å². The van der Waals surface area contributed by atoms with Crippen LogP contribution < -0.4 is 4.90 Å². The first-order chi connectivity index (χ1) is 12.5. The van der Waals surface area contributed by atoms with Crippen molar-refractivity contribution in [2.45, 2.75) is 53.0 Å². The second kappa shape index (κ2) is 8.65. The number of aliphatic carboxylic acids is 1. The van der Waals surface area contributed by atoms with Gasteiger partial charge in [0.05, 0.1) is 12.5 Å². The van der Waals surface area contributed by atoms with Crippen molar-refractivity contribution < 1.29 is 14.7 Å². The third kappa shape index (κ3) is 3.96. The van der Waals surface area contributed by atoms with Crippen molar-refractivity contribution >= 4 is 17.6 Å². The van der Waals surface area contributed by atoms with Crippen molar-refractivity contribution in [1.82, 2.24) is 0 Å². The Balaban J connectivity index is 0.00000117. The van der Waals surface area contributed by atoms with Crippen LogP contribution in [0, 0.1) is 0 Å². The number of benzene rings is 2. The number of hydrogen-bond donors (Lipinski definition) is 1. The van der Waals surface area contributed by atoms with Gasteiger partial charge in [-0.2, -0.15) is 0 Å². The van der Waals surface area contributed by atoms with Gasteiger partial charge in [-0.05, 0) is 48.2 Å². The molecule has 4 nitrogen and oxygen atoms in total. The number of amides is 1. The highest BCUT2D eigenvalue weighted by atomic mass is 16.4. The number of hydrogen-bond acceptors (Lipinski definition) is 2. The fraction of sp³-hybridized carbons (Fsp3) is 0.364. The quantitative estimate of drug-likeness (QED) is 0.821. The van der Waals surface area contributed by atoms with Crippen LogP contribution in [0.15, 0.2) is 42.5 Å². The summed E-state index contributed by atoms with van der Waals surface area (Å²) in [5.74, 6) is -1.39. The van der Waals surface area contributed by atoms with E-state index >= 15 is 0 Å². The van der Waals surface area contributed by atoms with Crippen LogP contribution in [-0.2, 0) is 17.8 Å². The molecule has 0 spiro atoms. The standard InChI is InChI=1S/C20H21NO3.C2H6/c1-3-4-14-5-6-16-12-21(19(22)18(16)11-14)17-9-7-15(8-10-17)13(2)20(23)24;1-2/h5-11,13H,3-4,12H2,1-2H3,(H,23,24);1-2H3. The van der Waals surface area contributed by atoms with Crippen LogP contribution in [0.1, 0.15) is 67.1 Å². The molecule has 3 rings (SSSR count). The highest BCUT2D eigenvalue weighted by Crippen LogP contribution is 2.30. The second-order valence-electron chi connectivity index (χ2n) is 6.28. The Bertz CT molecular complexity index is 780. The molecule has 1 unspecified atom stereocenters. The first-order valence-electron chi connectivity index (χ1n) is 9.27. The lowest BCUT2D eigenvalue weighted by Gasteiger charge is -2.16. The van der Waals surface area contributed by atoms with Crippen LogP contribution in [-0.4, -0.2) is 17.0 Å². The van der Waals surface area contributed by atoms with E-state index in [-0.39, 0.29) is 5.91 Å². The van der Waals surface area contributed by atoms with Crippen LogP contribution in [0.2, 0.25) is 0 Å². The molecule has 1 aliphatic rings. The van der Waals surface area contributed by atoms with Gasteiger partial charge in [-0.3, -0.25) is 9.59 Å². The number of rotatable bonds is 5. The molecular formula is C22H27NO3. The van der Waals surface area contributed by atoms with Gasteiger partial charge in [-0.25, -0.2) is 0 Å². The third-order valence-corrected chi connectivity index (χ3v) is 4.59. The Kier molecular flexibility index (Phi) is 6.56. The minimum absolute atomic E-state index is 0.0157. The predicted molar refractivity (Wildman–Crippen MR) is 105 cm³/mol. The minimum atomic E-state index is -0.851. The maximum absolute atomic E-state index is 12.7. The molecule has 0 aliphatic carbocycles. The van der Waals surface area contributed by atoms with Crippen molar-refractivity contribution in [1.29, 1.82) is 0 Å². The van der Waals surface area contributed by atoms with Crippen molar-refractivity contribution in [3.8, 4) is 0 Å². The molecule has 0 aromatic heterocycles. The highest BCUT2D eigenvalue weighted by Gasteiger charge is 2.28. The summed E-state index contributed by atoms with van der Waals surface area (Å²) in [6, 6.07) is 13.4. The van der Waals surface area contributed by atoms with Gasteiger partial charge in [0.1, 0.15) is 0 Å². The lowest BCUT2D eigenvalue weighted by atomic mass is 10.0. The Labute approximate surface area is 155 Å². The molecule has 1 atom stereocenters. The average molecular weight is 353 g/mol. The van der Waals surface area contributed by atoms with Crippen LogP contribution >= 0.6 is 0 Å². The fourth-order valence-corrected chi connectivity index (χ4v) is 3.09. The number of fused-ring (bicyclic) bond motifs is 1. The summed E-state index contributed by atoms with van der Waals surface area (Å²) in [6.07, 6.45) is 2.03. The van der Waals surface area contributed by atoms with E-state index in [1.165, 1.54) is 5.56 Å². The van der Waals surface area contributed by atoms with E-state index in [0.717, 1.165) is 35.2 Å². The molecule has 0 radical (unpaired) electrons. The first kappa shape index (κ1) is 19.7. The largest absolute Gasteiger partial charge is 0.481 e. The van der Waals surface area contributed by atoms with E-state index in [9.17, 15) is 9.59 Å².